The minimum absolute atomic E-state index is 0.0310. The Hall–Kier alpha value is -3.04. The minimum atomic E-state index is -4.69. The van der Waals surface area contributed by atoms with Gasteiger partial charge in [-0.1, -0.05) is 35.9 Å². The highest BCUT2D eigenvalue weighted by Gasteiger charge is 2.37. The van der Waals surface area contributed by atoms with Crippen LogP contribution >= 0.6 is 11.6 Å². The fourth-order valence-electron chi connectivity index (χ4n) is 4.07. The highest BCUT2D eigenvalue weighted by atomic mass is 35.5. The molecule has 0 fully saturated rings. The molecule has 1 heterocycles. The third-order valence-corrected chi connectivity index (χ3v) is 7.97. The Morgan fingerprint density at radius 2 is 1.83 bits per heavy atom. The number of rotatable bonds is 4. The van der Waals surface area contributed by atoms with Gasteiger partial charge in [-0.3, -0.25) is 4.31 Å². The Morgan fingerprint density at radius 1 is 1.11 bits per heavy atom. The van der Waals surface area contributed by atoms with Gasteiger partial charge in [0.15, 0.2) is 0 Å². The summed E-state index contributed by atoms with van der Waals surface area (Å²) < 4.78 is 88.2. The van der Waals surface area contributed by atoms with E-state index < -0.39 is 32.5 Å². The molecule has 1 aliphatic rings. The second kappa shape index (κ2) is 9.20. The van der Waals surface area contributed by atoms with Crippen LogP contribution in [0.1, 0.15) is 29.2 Å². The summed E-state index contributed by atoms with van der Waals surface area (Å²) in [5.41, 5.74) is 0.0386. The Kier molecular flexibility index (Phi) is 6.59. The number of nitrogens with zero attached hydrogens (tertiary/aromatic N) is 1. The van der Waals surface area contributed by atoms with Crippen molar-refractivity contribution >= 4 is 39.0 Å². The molecule has 0 bridgehead atoms. The van der Waals surface area contributed by atoms with E-state index >= 15 is 0 Å². The molecule has 0 spiro atoms. The lowest BCUT2D eigenvalue weighted by Gasteiger charge is -2.31. The number of allylic oxidation sites excluding steroid dienone is 1. The third-order valence-electron chi connectivity index (χ3n) is 5.70. The molecular weight excluding hydrogens is 506 g/mol. The number of benzene rings is 3. The van der Waals surface area contributed by atoms with Gasteiger partial charge >= 0.3 is 6.18 Å². The first kappa shape index (κ1) is 25.1. The second-order valence-electron chi connectivity index (χ2n) is 8.00. The molecule has 0 unspecified atom stereocenters. The van der Waals surface area contributed by atoms with Gasteiger partial charge in [0.2, 0.25) is 0 Å². The van der Waals surface area contributed by atoms with Crippen molar-refractivity contribution in [2.45, 2.75) is 24.9 Å². The van der Waals surface area contributed by atoms with Crippen LogP contribution in [-0.2, 0) is 16.2 Å². The fraction of sp³-hybridized carbons (Fsp3) is 0.200. The highest BCUT2D eigenvalue weighted by molar-refractivity contribution is 7.92. The van der Waals surface area contributed by atoms with Crippen molar-refractivity contribution in [1.82, 2.24) is 0 Å². The minimum Gasteiger partial charge on any atom is -0.489 e. The SMILES string of the molecule is C/C(=C\c1ccc2c(c1)N(S(=O)(=O)c1cccc(C(F)(F)F)c1C)CCO2)c1c(F)cccc1Cl. The Balaban J connectivity index is 1.79. The number of hydrogen-bond donors (Lipinski definition) is 0. The average Bonchev–Trinajstić information content (AvgIpc) is 2.77. The molecule has 0 saturated carbocycles. The van der Waals surface area contributed by atoms with Gasteiger partial charge in [0, 0.05) is 5.56 Å². The molecule has 0 aromatic heterocycles. The summed E-state index contributed by atoms with van der Waals surface area (Å²) in [6.07, 6.45) is -3.05. The van der Waals surface area contributed by atoms with E-state index in [1.807, 2.05) is 0 Å². The van der Waals surface area contributed by atoms with Crippen LogP contribution in [0.5, 0.6) is 5.75 Å². The van der Waals surface area contributed by atoms with Gasteiger partial charge in [-0.2, -0.15) is 13.2 Å². The fourth-order valence-corrected chi connectivity index (χ4v) is 6.08. The number of hydrogen-bond acceptors (Lipinski definition) is 3. The largest absolute Gasteiger partial charge is 0.489 e. The van der Waals surface area contributed by atoms with Crippen LogP contribution in [0.2, 0.25) is 5.02 Å². The molecule has 3 aromatic rings. The predicted molar refractivity (Wildman–Crippen MR) is 128 cm³/mol. The molecule has 1 aliphatic heterocycles. The van der Waals surface area contributed by atoms with E-state index in [0.29, 0.717) is 11.1 Å². The van der Waals surface area contributed by atoms with Crippen molar-refractivity contribution < 1.29 is 30.7 Å². The molecule has 184 valence electrons. The van der Waals surface area contributed by atoms with Gasteiger partial charge in [-0.05, 0) is 66.9 Å². The van der Waals surface area contributed by atoms with Crippen molar-refractivity contribution in [3.8, 4) is 5.75 Å². The molecule has 4 nitrogen and oxygen atoms in total. The summed E-state index contributed by atoms with van der Waals surface area (Å²) in [4.78, 5) is -0.435. The highest BCUT2D eigenvalue weighted by Crippen LogP contribution is 2.40. The Labute approximate surface area is 205 Å². The van der Waals surface area contributed by atoms with Crippen molar-refractivity contribution in [2.24, 2.45) is 0 Å². The Morgan fingerprint density at radius 3 is 2.51 bits per heavy atom. The zero-order valence-electron chi connectivity index (χ0n) is 18.7. The summed E-state index contributed by atoms with van der Waals surface area (Å²) >= 11 is 6.15. The number of fused-ring (bicyclic) bond motifs is 1. The van der Waals surface area contributed by atoms with Crippen LogP contribution in [0.15, 0.2) is 59.5 Å². The molecular formula is C25H20ClF4NO3S. The molecule has 35 heavy (non-hydrogen) atoms. The summed E-state index contributed by atoms with van der Waals surface area (Å²) in [6, 6.07) is 12.2. The quantitative estimate of drug-likeness (QED) is 0.273. The number of ether oxygens (including phenoxy) is 1. The summed E-state index contributed by atoms with van der Waals surface area (Å²) in [5.74, 6) is -0.236. The predicted octanol–water partition coefficient (Wildman–Crippen LogP) is 6.95. The van der Waals surface area contributed by atoms with Crippen molar-refractivity contribution in [3.63, 3.8) is 0 Å². The molecule has 0 radical (unpaired) electrons. The average molecular weight is 526 g/mol. The van der Waals surface area contributed by atoms with Gasteiger partial charge in [0.1, 0.15) is 18.2 Å². The standard InChI is InChI=1S/C25H20ClF4NO3S/c1-15(24-19(26)6-4-7-20(24)27)13-17-9-10-22-21(14-17)31(11-12-34-22)35(32,33)23-8-3-5-18(16(23)2)25(28,29)30/h3-10,13-14H,11-12H2,1-2H3/b15-13+. The smallest absolute Gasteiger partial charge is 0.416 e. The van der Waals surface area contributed by atoms with Gasteiger partial charge in [0.05, 0.1) is 27.7 Å². The first-order valence-corrected chi connectivity index (χ1v) is 12.3. The monoisotopic (exact) mass is 525 g/mol. The summed E-state index contributed by atoms with van der Waals surface area (Å²) in [5, 5.41) is 0.226. The maximum Gasteiger partial charge on any atom is 0.416 e. The molecule has 0 aliphatic carbocycles. The topological polar surface area (TPSA) is 46.6 Å². The van der Waals surface area contributed by atoms with E-state index in [9.17, 15) is 26.0 Å². The van der Waals surface area contributed by atoms with Crippen LogP contribution in [0.25, 0.3) is 11.6 Å². The molecule has 3 aromatic carbocycles. The summed E-state index contributed by atoms with van der Waals surface area (Å²) in [7, 11) is -4.35. The van der Waals surface area contributed by atoms with Crippen LogP contribution in [-0.4, -0.2) is 21.6 Å². The normalized spacial score (nSPS) is 14.5. The van der Waals surface area contributed by atoms with Crippen LogP contribution in [0, 0.1) is 12.7 Å². The van der Waals surface area contributed by atoms with E-state index in [4.69, 9.17) is 16.3 Å². The maximum atomic E-state index is 14.3. The van der Waals surface area contributed by atoms with Crippen LogP contribution in [0.3, 0.4) is 0 Å². The van der Waals surface area contributed by atoms with E-state index in [1.165, 1.54) is 18.2 Å². The number of sulfonamides is 1. The number of anilines is 1. The molecule has 10 heteroatoms. The number of halogens is 5. The van der Waals surface area contributed by atoms with Crippen LogP contribution < -0.4 is 9.04 Å². The Bertz CT molecular complexity index is 1410. The van der Waals surface area contributed by atoms with Gasteiger partial charge in [0.25, 0.3) is 10.0 Å². The van der Waals surface area contributed by atoms with Crippen molar-refractivity contribution in [1.29, 1.82) is 0 Å². The lowest BCUT2D eigenvalue weighted by atomic mass is 10.0. The lowest BCUT2D eigenvalue weighted by molar-refractivity contribution is -0.138. The summed E-state index contributed by atoms with van der Waals surface area (Å²) in [6.45, 7) is 2.75. The van der Waals surface area contributed by atoms with E-state index in [0.717, 1.165) is 29.4 Å². The molecule has 0 N–H and O–H groups in total. The molecule has 4 rings (SSSR count). The van der Waals surface area contributed by atoms with E-state index in [1.54, 1.807) is 31.2 Å². The lowest BCUT2D eigenvalue weighted by Crippen LogP contribution is -2.38. The second-order valence-corrected chi connectivity index (χ2v) is 10.2. The first-order chi connectivity index (χ1) is 16.4. The van der Waals surface area contributed by atoms with Crippen molar-refractivity contribution in [2.75, 3.05) is 17.5 Å². The van der Waals surface area contributed by atoms with Crippen LogP contribution in [0.4, 0.5) is 23.2 Å². The third kappa shape index (κ3) is 4.75. The van der Waals surface area contributed by atoms with E-state index in [2.05, 4.69) is 0 Å². The van der Waals surface area contributed by atoms with Gasteiger partial charge in [-0.25, -0.2) is 12.8 Å². The zero-order chi connectivity index (χ0) is 25.5. The number of alkyl halides is 3. The first-order valence-electron chi connectivity index (χ1n) is 10.5. The van der Waals surface area contributed by atoms with Gasteiger partial charge in [-0.15, -0.1) is 0 Å². The molecule has 0 atom stereocenters. The molecule has 0 amide bonds. The zero-order valence-corrected chi connectivity index (χ0v) is 20.2. The van der Waals surface area contributed by atoms with Gasteiger partial charge < -0.3 is 4.74 Å². The molecule has 0 saturated heterocycles. The van der Waals surface area contributed by atoms with E-state index in [-0.39, 0.29) is 40.7 Å². The maximum absolute atomic E-state index is 14.3. The van der Waals surface area contributed by atoms with Crippen molar-refractivity contribution in [3.05, 3.63) is 87.7 Å².